The largest absolute Gasteiger partial charge is 0.361 e. The van der Waals surface area contributed by atoms with Gasteiger partial charge in [-0.1, -0.05) is 5.16 Å². The molecule has 0 atom stereocenters. The predicted octanol–water partition coefficient (Wildman–Crippen LogP) is -0.0672. The van der Waals surface area contributed by atoms with Gasteiger partial charge in [0, 0.05) is 31.5 Å². The van der Waals surface area contributed by atoms with Crippen molar-refractivity contribution in [2.75, 3.05) is 13.1 Å². The van der Waals surface area contributed by atoms with Crippen molar-refractivity contribution in [3.8, 4) is 0 Å². The van der Waals surface area contributed by atoms with Crippen molar-refractivity contribution >= 4 is 11.8 Å². The normalized spacial score (nSPS) is 10.1. The van der Waals surface area contributed by atoms with Crippen LogP contribution in [0.15, 0.2) is 29.2 Å². The molecular weight excluding hydrogens is 262 g/mol. The summed E-state index contributed by atoms with van der Waals surface area (Å²) in [5.74, 6) is -0.133. The van der Waals surface area contributed by atoms with Gasteiger partial charge in [0.2, 0.25) is 0 Å². The summed E-state index contributed by atoms with van der Waals surface area (Å²) in [6.07, 6.45) is 4.28. The summed E-state index contributed by atoms with van der Waals surface area (Å²) in [7, 11) is 0. The van der Waals surface area contributed by atoms with E-state index in [1.165, 1.54) is 24.7 Å². The van der Waals surface area contributed by atoms with Crippen molar-refractivity contribution in [3.63, 3.8) is 0 Å². The van der Waals surface area contributed by atoms with E-state index in [-0.39, 0.29) is 36.3 Å². The molecule has 2 aromatic rings. The van der Waals surface area contributed by atoms with Gasteiger partial charge in [-0.25, -0.2) is 4.98 Å². The maximum atomic E-state index is 11.6. The lowest BCUT2D eigenvalue weighted by Crippen LogP contribution is -2.35. The molecule has 2 aromatic heterocycles. The zero-order valence-electron chi connectivity index (χ0n) is 10.8. The fraction of sp³-hybridized carbons (Fsp3) is 0.250. The third kappa shape index (κ3) is 3.61. The molecule has 0 aromatic carbocycles. The van der Waals surface area contributed by atoms with Gasteiger partial charge in [0.25, 0.3) is 11.8 Å². The number of carbonyl (C=O) groups is 2. The van der Waals surface area contributed by atoms with E-state index in [0.29, 0.717) is 5.76 Å². The summed E-state index contributed by atoms with van der Waals surface area (Å²) < 4.78 is 4.79. The van der Waals surface area contributed by atoms with Crippen molar-refractivity contribution < 1.29 is 14.1 Å². The Balaban J connectivity index is 1.72. The van der Waals surface area contributed by atoms with Crippen molar-refractivity contribution in [2.45, 2.75) is 6.92 Å². The van der Waals surface area contributed by atoms with Crippen molar-refractivity contribution in [3.05, 3.63) is 41.8 Å². The molecule has 8 heteroatoms. The van der Waals surface area contributed by atoms with Gasteiger partial charge in [-0.05, 0) is 6.92 Å². The Morgan fingerprint density at radius 3 is 2.40 bits per heavy atom. The number of hydrogen-bond donors (Lipinski definition) is 2. The third-order valence-electron chi connectivity index (χ3n) is 2.35. The Hall–Kier alpha value is -2.77. The smallest absolute Gasteiger partial charge is 0.273 e. The number of hydrogen-bond acceptors (Lipinski definition) is 6. The lowest BCUT2D eigenvalue weighted by molar-refractivity contribution is 0.0920. The van der Waals surface area contributed by atoms with Gasteiger partial charge in [0.15, 0.2) is 5.69 Å². The number of nitrogens with zero attached hydrogens (tertiary/aromatic N) is 3. The molecule has 0 saturated carbocycles. The van der Waals surface area contributed by atoms with E-state index in [2.05, 4.69) is 25.8 Å². The van der Waals surface area contributed by atoms with E-state index >= 15 is 0 Å². The monoisotopic (exact) mass is 275 g/mol. The van der Waals surface area contributed by atoms with Gasteiger partial charge < -0.3 is 15.2 Å². The van der Waals surface area contributed by atoms with Crippen LogP contribution in [-0.4, -0.2) is 40.0 Å². The van der Waals surface area contributed by atoms with Gasteiger partial charge in [-0.3, -0.25) is 14.6 Å². The Morgan fingerprint density at radius 1 is 1.15 bits per heavy atom. The van der Waals surface area contributed by atoms with Crippen LogP contribution in [0.1, 0.15) is 26.7 Å². The maximum Gasteiger partial charge on any atom is 0.273 e. The molecule has 8 nitrogen and oxygen atoms in total. The van der Waals surface area contributed by atoms with E-state index in [4.69, 9.17) is 4.52 Å². The van der Waals surface area contributed by atoms with Crippen LogP contribution in [0.2, 0.25) is 0 Å². The topological polar surface area (TPSA) is 110 Å². The fourth-order valence-corrected chi connectivity index (χ4v) is 1.42. The number of carbonyl (C=O) groups excluding carboxylic acids is 2. The number of nitrogens with one attached hydrogen (secondary N) is 2. The summed E-state index contributed by atoms with van der Waals surface area (Å²) >= 11 is 0. The maximum absolute atomic E-state index is 11.6. The number of aromatic nitrogens is 3. The third-order valence-corrected chi connectivity index (χ3v) is 2.35. The molecule has 0 spiro atoms. The number of rotatable bonds is 5. The van der Waals surface area contributed by atoms with Crippen LogP contribution in [0.4, 0.5) is 0 Å². The molecule has 2 amide bonds. The molecule has 0 aliphatic rings. The van der Waals surface area contributed by atoms with Gasteiger partial charge in [-0.15, -0.1) is 0 Å². The summed E-state index contributed by atoms with van der Waals surface area (Å²) in [4.78, 5) is 30.9. The van der Waals surface area contributed by atoms with E-state index in [1.807, 2.05) is 0 Å². The van der Waals surface area contributed by atoms with Gasteiger partial charge in [0.05, 0.1) is 6.20 Å². The second kappa shape index (κ2) is 6.41. The van der Waals surface area contributed by atoms with Crippen molar-refractivity contribution in [1.29, 1.82) is 0 Å². The predicted molar refractivity (Wildman–Crippen MR) is 67.9 cm³/mol. The molecule has 2 N–H and O–H groups in total. The second-order valence-electron chi connectivity index (χ2n) is 3.93. The highest BCUT2D eigenvalue weighted by Crippen LogP contribution is 2.00. The summed E-state index contributed by atoms with van der Waals surface area (Å²) in [5, 5.41) is 8.80. The average Bonchev–Trinajstić information content (AvgIpc) is 2.91. The second-order valence-corrected chi connectivity index (χ2v) is 3.93. The minimum Gasteiger partial charge on any atom is -0.361 e. The standard InChI is InChI=1S/C12H13N5O3/c1-8-6-9(17-20-8)11(18)15-4-5-16-12(19)10-7-13-2-3-14-10/h2-3,6-7H,4-5H2,1H3,(H,15,18)(H,16,19). The van der Waals surface area contributed by atoms with Gasteiger partial charge >= 0.3 is 0 Å². The van der Waals surface area contributed by atoms with Crippen molar-refractivity contribution in [2.24, 2.45) is 0 Å². The fourth-order valence-electron chi connectivity index (χ4n) is 1.42. The first-order valence-electron chi connectivity index (χ1n) is 5.92. The Labute approximate surface area is 114 Å². The molecule has 0 radical (unpaired) electrons. The van der Waals surface area contributed by atoms with Gasteiger partial charge in [-0.2, -0.15) is 0 Å². The van der Waals surface area contributed by atoms with E-state index in [9.17, 15) is 9.59 Å². The molecule has 0 saturated heterocycles. The molecule has 20 heavy (non-hydrogen) atoms. The zero-order valence-corrected chi connectivity index (χ0v) is 10.8. The number of aryl methyl sites for hydroxylation is 1. The Kier molecular flexibility index (Phi) is 4.38. The van der Waals surface area contributed by atoms with Crippen LogP contribution in [0.25, 0.3) is 0 Å². The van der Waals surface area contributed by atoms with E-state index in [1.54, 1.807) is 6.92 Å². The van der Waals surface area contributed by atoms with Crippen LogP contribution in [0, 0.1) is 6.92 Å². The molecule has 0 aliphatic carbocycles. The van der Waals surface area contributed by atoms with Crippen LogP contribution in [0.5, 0.6) is 0 Å². The summed E-state index contributed by atoms with van der Waals surface area (Å²) in [6, 6.07) is 1.54. The highest BCUT2D eigenvalue weighted by Gasteiger charge is 2.10. The summed E-state index contributed by atoms with van der Waals surface area (Å²) in [5.41, 5.74) is 0.439. The Morgan fingerprint density at radius 2 is 1.85 bits per heavy atom. The van der Waals surface area contributed by atoms with E-state index in [0.717, 1.165) is 0 Å². The molecule has 0 bridgehead atoms. The minimum absolute atomic E-state index is 0.211. The van der Waals surface area contributed by atoms with Crippen LogP contribution in [0.3, 0.4) is 0 Å². The highest BCUT2D eigenvalue weighted by atomic mass is 16.5. The zero-order chi connectivity index (χ0) is 14.4. The van der Waals surface area contributed by atoms with Gasteiger partial charge in [0.1, 0.15) is 11.5 Å². The lowest BCUT2D eigenvalue weighted by atomic mass is 10.3. The molecule has 104 valence electrons. The van der Waals surface area contributed by atoms with Crippen molar-refractivity contribution in [1.82, 2.24) is 25.8 Å². The number of amides is 2. The molecular formula is C12H13N5O3. The molecule has 2 heterocycles. The van der Waals surface area contributed by atoms with E-state index < -0.39 is 0 Å². The lowest BCUT2D eigenvalue weighted by Gasteiger charge is -2.05. The Bertz CT molecular complexity index is 596. The van der Waals surface area contributed by atoms with Crippen LogP contribution < -0.4 is 10.6 Å². The molecule has 0 unspecified atom stereocenters. The average molecular weight is 275 g/mol. The molecule has 2 rings (SSSR count). The minimum atomic E-state index is -0.351. The molecule has 0 fully saturated rings. The highest BCUT2D eigenvalue weighted by molar-refractivity contribution is 5.93. The quantitative estimate of drug-likeness (QED) is 0.739. The first kappa shape index (κ1) is 13.7. The summed E-state index contributed by atoms with van der Waals surface area (Å²) in [6.45, 7) is 2.25. The SMILES string of the molecule is Cc1cc(C(=O)NCCNC(=O)c2cnccn2)no1. The molecule has 0 aliphatic heterocycles. The first-order valence-corrected chi connectivity index (χ1v) is 5.92. The van der Waals surface area contributed by atoms with Crippen LogP contribution in [-0.2, 0) is 0 Å². The van der Waals surface area contributed by atoms with Crippen LogP contribution >= 0.6 is 0 Å². The first-order chi connectivity index (χ1) is 9.66.